The summed E-state index contributed by atoms with van der Waals surface area (Å²) in [6.45, 7) is 4.79. The molecule has 0 aromatic carbocycles. The van der Waals surface area contributed by atoms with E-state index < -0.39 is 0 Å². The number of nitrogens with zero attached hydrogens (tertiary/aromatic N) is 8. The molecule has 3 aromatic rings. The zero-order chi connectivity index (χ0) is 18.8. The number of hydrogen-bond acceptors (Lipinski definition) is 5. The standard InChI is InChI=1S/C18H24N8O/c1-3-26-15(4-7-20-26)18(27)25-9-5-14(6-10-25)17-22-21-16(23(17)2)12-24-11-8-19-13-24/h4,7-8,11,13-14H,3,5-6,9-10,12H2,1-2H3. The van der Waals surface area contributed by atoms with Crippen LogP contribution >= 0.6 is 0 Å². The second-order valence-electron chi connectivity index (χ2n) is 6.87. The summed E-state index contributed by atoms with van der Waals surface area (Å²) >= 11 is 0. The summed E-state index contributed by atoms with van der Waals surface area (Å²) in [4.78, 5) is 18.7. The number of carbonyl (C=O) groups is 1. The van der Waals surface area contributed by atoms with Crippen molar-refractivity contribution in [2.24, 2.45) is 7.05 Å². The Bertz CT molecular complexity index is 902. The van der Waals surface area contributed by atoms with Crippen LogP contribution in [0.15, 0.2) is 31.0 Å². The highest BCUT2D eigenvalue weighted by atomic mass is 16.2. The Morgan fingerprint density at radius 2 is 2.04 bits per heavy atom. The van der Waals surface area contributed by atoms with E-state index in [-0.39, 0.29) is 5.91 Å². The molecule has 1 saturated heterocycles. The van der Waals surface area contributed by atoms with Gasteiger partial charge in [-0.3, -0.25) is 9.48 Å². The van der Waals surface area contributed by atoms with Gasteiger partial charge < -0.3 is 14.0 Å². The van der Waals surface area contributed by atoms with Crippen LogP contribution < -0.4 is 0 Å². The largest absolute Gasteiger partial charge is 0.337 e. The molecule has 0 bridgehead atoms. The van der Waals surface area contributed by atoms with Crippen molar-refractivity contribution in [2.45, 2.75) is 38.8 Å². The molecule has 0 N–H and O–H groups in total. The highest BCUT2D eigenvalue weighted by molar-refractivity contribution is 5.92. The highest BCUT2D eigenvalue weighted by Gasteiger charge is 2.28. The Kier molecular flexibility index (Phi) is 4.74. The summed E-state index contributed by atoms with van der Waals surface area (Å²) in [5, 5.41) is 13.0. The number of rotatable bonds is 5. The fraction of sp³-hybridized carbons (Fsp3) is 0.500. The lowest BCUT2D eigenvalue weighted by molar-refractivity contribution is 0.0698. The number of aromatic nitrogens is 7. The zero-order valence-electron chi connectivity index (χ0n) is 15.7. The Morgan fingerprint density at radius 3 is 2.74 bits per heavy atom. The van der Waals surface area contributed by atoms with Crippen molar-refractivity contribution in [2.75, 3.05) is 13.1 Å². The predicted molar refractivity (Wildman–Crippen MR) is 98.1 cm³/mol. The first-order chi connectivity index (χ1) is 13.2. The van der Waals surface area contributed by atoms with E-state index >= 15 is 0 Å². The van der Waals surface area contributed by atoms with Crippen LogP contribution in [0.1, 0.15) is 47.8 Å². The molecule has 0 spiro atoms. The summed E-state index contributed by atoms with van der Waals surface area (Å²) in [6, 6.07) is 1.79. The lowest BCUT2D eigenvalue weighted by atomic mass is 9.95. The van der Waals surface area contributed by atoms with Crippen molar-refractivity contribution in [3.05, 3.63) is 48.3 Å². The van der Waals surface area contributed by atoms with Crippen LogP contribution in [0.4, 0.5) is 0 Å². The van der Waals surface area contributed by atoms with Gasteiger partial charge in [-0.25, -0.2) is 4.98 Å². The maximum Gasteiger partial charge on any atom is 0.272 e. The van der Waals surface area contributed by atoms with E-state index in [1.165, 1.54) is 0 Å². The molecule has 1 amide bonds. The maximum absolute atomic E-state index is 12.8. The van der Waals surface area contributed by atoms with Gasteiger partial charge in [0.15, 0.2) is 5.82 Å². The fourth-order valence-corrected chi connectivity index (χ4v) is 3.68. The minimum absolute atomic E-state index is 0.0616. The predicted octanol–water partition coefficient (Wildman–Crippen LogP) is 1.30. The van der Waals surface area contributed by atoms with Crippen LogP contribution in [0.25, 0.3) is 0 Å². The van der Waals surface area contributed by atoms with Crippen LogP contribution in [0.5, 0.6) is 0 Å². The lowest BCUT2D eigenvalue weighted by Crippen LogP contribution is -2.39. The highest BCUT2D eigenvalue weighted by Crippen LogP contribution is 2.27. The van der Waals surface area contributed by atoms with E-state index in [9.17, 15) is 4.79 Å². The molecule has 9 heteroatoms. The van der Waals surface area contributed by atoms with Crippen LogP contribution in [-0.4, -0.2) is 58.0 Å². The first-order valence-corrected chi connectivity index (χ1v) is 9.32. The number of amides is 1. The molecular weight excluding hydrogens is 344 g/mol. The molecule has 9 nitrogen and oxygen atoms in total. The molecule has 1 fully saturated rings. The van der Waals surface area contributed by atoms with Gasteiger partial charge in [0.25, 0.3) is 5.91 Å². The number of piperidine rings is 1. The molecule has 0 atom stereocenters. The molecule has 142 valence electrons. The first kappa shape index (κ1) is 17.4. The topological polar surface area (TPSA) is 86.7 Å². The smallest absolute Gasteiger partial charge is 0.272 e. The van der Waals surface area contributed by atoms with Gasteiger partial charge in [-0.2, -0.15) is 5.10 Å². The van der Waals surface area contributed by atoms with Gasteiger partial charge in [0.2, 0.25) is 0 Å². The zero-order valence-corrected chi connectivity index (χ0v) is 15.7. The van der Waals surface area contributed by atoms with Gasteiger partial charge >= 0.3 is 0 Å². The van der Waals surface area contributed by atoms with Crippen molar-refractivity contribution in [1.82, 2.24) is 39.0 Å². The Labute approximate surface area is 157 Å². The van der Waals surface area contributed by atoms with E-state index in [1.807, 2.05) is 29.6 Å². The third kappa shape index (κ3) is 3.36. The summed E-state index contributed by atoms with van der Waals surface area (Å²) in [5.41, 5.74) is 0.664. The average molecular weight is 368 g/mol. The number of hydrogen-bond donors (Lipinski definition) is 0. The fourth-order valence-electron chi connectivity index (χ4n) is 3.68. The number of aryl methyl sites for hydroxylation is 1. The second-order valence-corrected chi connectivity index (χ2v) is 6.87. The van der Waals surface area contributed by atoms with E-state index in [0.29, 0.717) is 24.7 Å². The Balaban J connectivity index is 1.41. The van der Waals surface area contributed by atoms with Crippen molar-refractivity contribution in [3.63, 3.8) is 0 Å². The van der Waals surface area contributed by atoms with Gasteiger partial charge in [-0.15, -0.1) is 10.2 Å². The summed E-state index contributed by atoms with van der Waals surface area (Å²) < 4.78 is 5.81. The normalized spacial score (nSPS) is 15.4. The summed E-state index contributed by atoms with van der Waals surface area (Å²) in [6.07, 6.45) is 8.92. The van der Waals surface area contributed by atoms with E-state index in [0.717, 1.165) is 37.6 Å². The number of carbonyl (C=O) groups excluding carboxylic acids is 1. The van der Waals surface area contributed by atoms with Gasteiger partial charge in [-0.05, 0) is 25.8 Å². The van der Waals surface area contributed by atoms with E-state index in [2.05, 4.69) is 24.8 Å². The third-order valence-electron chi connectivity index (χ3n) is 5.26. The Hall–Kier alpha value is -2.97. The van der Waals surface area contributed by atoms with Gasteiger partial charge in [0.1, 0.15) is 11.5 Å². The SMILES string of the molecule is CCn1nccc1C(=O)N1CCC(c2nnc(Cn3ccnc3)n2C)CC1. The second kappa shape index (κ2) is 7.34. The molecule has 0 aliphatic carbocycles. The molecule has 3 aromatic heterocycles. The van der Waals surface area contributed by atoms with Crippen molar-refractivity contribution < 1.29 is 4.79 Å². The van der Waals surface area contributed by atoms with Crippen LogP contribution in [0.3, 0.4) is 0 Å². The maximum atomic E-state index is 12.8. The van der Waals surface area contributed by atoms with Crippen LogP contribution in [-0.2, 0) is 20.1 Å². The molecule has 1 aliphatic heterocycles. The summed E-state index contributed by atoms with van der Waals surface area (Å²) in [5.74, 6) is 2.29. The minimum atomic E-state index is 0.0616. The minimum Gasteiger partial charge on any atom is -0.337 e. The number of likely N-dealkylation sites (tertiary alicyclic amines) is 1. The number of imidazole rings is 1. The van der Waals surface area contributed by atoms with Crippen molar-refractivity contribution in [1.29, 1.82) is 0 Å². The van der Waals surface area contributed by atoms with Gasteiger partial charge in [0, 0.05) is 51.2 Å². The van der Waals surface area contributed by atoms with Gasteiger partial charge in [0.05, 0.1) is 12.9 Å². The first-order valence-electron chi connectivity index (χ1n) is 9.32. The van der Waals surface area contributed by atoms with Gasteiger partial charge in [-0.1, -0.05) is 0 Å². The van der Waals surface area contributed by atoms with E-state index in [1.54, 1.807) is 29.5 Å². The van der Waals surface area contributed by atoms with E-state index in [4.69, 9.17) is 0 Å². The molecule has 0 saturated carbocycles. The molecule has 1 aliphatic rings. The molecule has 0 radical (unpaired) electrons. The monoisotopic (exact) mass is 368 g/mol. The van der Waals surface area contributed by atoms with Crippen LogP contribution in [0.2, 0.25) is 0 Å². The average Bonchev–Trinajstić information content (AvgIpc) is 3.44. The molecule has 0 unspecified atom stereocenters. The molecule has 4 heterocycles. The lowest BCUT2D eigenvalue weighted by Gasteiger charge is -2.31. The third-order valence-corrected chi connectivity index (χ3v) is 5.26. The van der Waals surface area contributed by atoms with Crippen molar-refractivity contribution >= 4 is 5.91 Å². The molecule has 27 heavy (non-hydrogen) atoms. The van der Waals surface area contributed by atoms with Crippen molar-refractivity contribution in [3.8, 4) is 0 Å². The molecule has 4 rings (SSSR count). The summed E-state index contributed by atoms with van der Waals surface area (Å²) in [7, 11) is 2.01. The quantitative estimate of drug-likeness (QED) is 0.677. The van der Waals surface area contributed by atoms with Crippen LogP contribution in [0, 0.1) is 0 Å². The Morgan fingerprint density at radius 1 is 1.22 bits per heavy atom. The molecular formula is C18H24N8O.